The van der Waals surface area contributed by atoms with Crippen molar-refractivity contribution < 1.29 is 49.0 Å². The maximum Gasteiger partial charge on any atom is -1.00 e. The molecule has 3 heteroatoms. The Hall–Kier alpha value is -1.40. The second kappa shape index (κ2) is 13.9. The van der Waals surface area contributed by atoms with E-state index in [-0.39, 0.29) is 35.6 Å². The molecule has 43 heavy (non-hydrogen) atoms. The van der Waals surface area contributed by atoms with Gasteiger partial charge in [-0.1, -0.05) is 102 Å². The van der Waals surface area contributed by atoms with Crippen molar-refractivity contribution in [3.05, 3.63) is 100 Å². The van der Waals surface area contributed by atoms with E-state index < -0.39 is 0 Å². The third kappa shape index (κ3) is 8.26. The van der Waals surface area contributed by atoms with Gasteiger partial charge in [0.05, 0.1) is 0 Å². The molecule has 0 aromatic heterocycles. The summed E-state index contributed by atoms with van der Waals surface area (Å²) in [5.41, 5.74) is 16.7. The number of hydrogen-bond donors (Lipinski definition) is 0. The first-order valence-corrected chi connectivity index (χ1v) is 16.5. The summed E-state index contributed by atoms with van der Waals surface area (Å²) in [4.78, 5) is 0. The summed E-state index contributed by atoms with van der Waals surface area (Å²) in [5, 5.41) is 0. The van der Waals surface area contributed by atoms with Crippen LogP contribution >= 0.6 is 0 Å². The molecule has 1 unspecified atom stereocenters. The van der Waals surface area contributed by atoms with Crippen molar-refractivity contribution in [2.24, 2.45) is 11.3 Å². The van der Waals surface area contributed by atoms with Crippen molar-refractivity contribution in [3.8, 4) is 11.1 Å². The van der Waals surface area contributed by atoms with Gasteiger partial charge in [-0.15, -0.1) is 12.5 Å². The average molecular weight is 693 g/mol. The molecule has 0 N–H and O–H groups in total. The van der Waals surface area contributed by atoms with Crippen LogP contribution in [0.5, 0.6) is 0 Å². The van der Waals surface area contributed by atoms with Gasteiger partial charge in [0.15, 0.2) is 0 Å². The smallest absolute Gasteiger partial charge is 1.00 e. The van der Waals surface area contributed by atoms with Gasteiger partial charge in [-0.3, -0.25) is 6.08 Å². The number of hydrogen-bond acceptors (Lipinski definition) is 0. The molecule has 4 aliphatic rings. The molecule has 0 nitrogen and oxygen atoms in total. The summed E-state index contributed by atoms with van der Waals surface area (Å²) < 4.78 is 1.51. The van der Waals surface area contributed by atoms with Crippen molar-refractivity contribution in [2.45, 2.75) is 107 Å². The van der Waals surface area contributed by atoms with Crippen LogP contribution in [-0.2, 0) is 41.5 Å². The first-order valence-electron chi connectivity index (χ1n) is 15.3. The number of benzene rings is 2. The maximum atomic E-state index is 3.26. The molecule has 0 saturated carbocycles. The predicted octanol–water partition coefficient (Wildman–Crippen LogP) is 4.96. The molecule has 0 aliphatic heterocycles. The van der Waals surface area contributed by atoms with E-state index in [2.05, 4.69) is 144 Å². The van der Waals surface area contributed by atoms with Crippen molar-refractivity contribution in [3.63, 3.8) is 0 Å². The fourth-order valence-corrected chi connectivity index (χ4v) is 6.23. The minimum atomic E-state index is 0. The van der Waals surface area contributed by atoms with E-state index in [1.54, 1.807) is 24.2 Å². The van der Waals surface area contributed by atoms with Crippen molar-refractivity contribution >= 4 is 14.4 Å². The average Bonchev–Trinajstić information content (AvgIpc) is 3.46. The molecule has 0 heterocycles. The zero-order chi connectivity index (χ0) is 30.5. The quantitative estimate of drug-likeness (QED) is 0.293. The first-order chi connectivity index (χ1) is 18.9. The van der Waals surface area contributed by atoms with Crippen LogP contribution < -0.4 is 24.8 Å². The number of fused-ring (bicyclic) bond motifs is 5. The van der Waals surface area contributed by atoms with Gasteiger partial charge in [0.25, 0.3) is 0 Å². The topological polar surface area (TPSA) is 0 Å². The number of halogens is 2. The van der Waals surface area contributed by atoms with Crippen LogP contribution in [0.15, 0.2) is 54.1 Å². The Morgan fingerprint density at radius 1 is 0.860 bits per heavy atom. The van der Waals surface area contributed by atoms with E-state index in [9.17, 15) is 0 Å². The third-order valence-electron chi connectivity index (χ3n) is 8.90. The van der Waals surface area contributed by atoms with Gasteiger partial charge in [-0.25, -0.2) is 18.6 Å². The largest absolute Gasteiger partial charge is 1.00 e. The fraction of sp³-hybridized carbons (Fsp3) is 0.450. The molecule has 0 bridgehead atoms. The third-order valence-corrected chi connectivity index (χ3v) is 8.90. The van der Waals surface area contributed by atoms with Crippen molar-refractivity contribution in [1.82, 2.24) is 0 Å². The molecule has 6 rings (SSSR count). The predicted molar refractivity (Wildman–Crippen MR) is 178 cm³/mol. The Balaban J connectivity index is 0.000000340. The SMILES string of the molecule is CC1=C[CH-]C(C)(C)c2cc3c(cc21)-c1cc2c(cc1C3)C(C)(C)CC=C2C.CC1[C-]=CC(C(C)(C)C)=C1.C[C](C)=[Zr+2].[Cl-].[Cl-]. The zero-order valence-corrected chi connectivity index (χ0v) is 32.4. The summed E-state index contributed by atoms with van der Waals surface area (Å²) >= 11 is 1.55. The van der Waals surface area contributed by atoms with Crippen LogP contribution in [-0.4, -0.2) is 3.21 Å². The molecule has 0 saturated heterocycles. The normalized spacial score (nSPS) is 19.4. The van der Waals surface area contributed by atoms with Gasteiger partial charge in [0.2, 0.25) is 0 Å². The summed E-state index contributed by atoms with van der Waals surface area (Å²) in [6.45, 7) is 27.1. The standard InChI is InChI=1S/C27H29.C10H15.C3H6.2ClH.Zr/c1-16-7-9-26(3,4)24-12-18-11-19-13-25-21(17(2)8-10-27(25,5)6)15-23(19)22(18)14-20(16)24;1-8-5-6-9(7-8)10(2,3)4;1-3-2;;;/h7-9,12-15H,10-11H2,1-6H3;6-8H,1-4H3;1-2H3;2*1H;/q2*-1;;;;+2/p-2. The fourth-order valence-electron chi connectivity index (χ4n) is 6.23. The number of rotatable bonds is 0. The molecular weight excluding hydrogens is 643 g/mol. The van der Waals surface area contributed by atoms with E-state index in [0.29, 0.717) is 11.3 Å². The van der Waals surface area contributed by atoms with Crippen LogP contribution in [0.2, 0.25) is 0 Å². The maximum absolute atomic E-state index is 3.26. The Morgan fingerprint density at radius 2 is 1.37 bits per heavy atom. The van der Waals surface area contributed by atoms with Gasteiger partial charge in [-0.2, -0.15) is 17.2 Å². The summed E-state index contributed by atoms with van der Waals surface area (Å²) in [6, 6.07) is 9.95. The van der Waals surface area contributed by atoms with E-state index in [1.807, 2.05) is 0 Å². The summed E-state index contributed by atoms with van der Waals surface area (Å²) in [5.74, 6) is 0.522. The molecule has 0 amide bonds. The van der Waals surface area contributed by atoms with Crippen LogP contribution in [0.4, 0.5) is 0 Å². The monoisotopic (exact) mass is 690 g/mol. The molecule has 0 spiro atoms. The van der Waals surface area contributed by atoms with Crippen LogP contribution in [0.25, 0.3) is 22.3 Å². The van der Waals surface area contributed by atoms with Crippen LogP contribution in [0.3, 0.4) is 0 Å². The Bertz CT molecular complexity index is 1410. The van der Waals surface area contributed by atoms with Crippen LogP contribution in [0, 0.1) is 23.8 Å². The molecule has 1 atom stereocenters. The summed E-state index contributed by atoms with van der Waals surface area (Å²) in [7, 11) is 0. The van der Waals surface area contributed by atoms with Crippen molar-refractivity contribution in [1.29, 1.82) is 0 Å². The number of allylic oxidation sites excluding steroid dienone is 8. The van der Waals surface area contributed by atoms with E-state index in [4.69, 9.17) is 0 Å². The molecular formula is C40H50Cl2Zr-2. The van der Waals surface area contributed by atoms with Crippen molar-refractivity contribution in [2.75, 3.05) is 0 Å². The van der Waals surface area contributed by atoms with Gasteiger partial charge < -0.3 is 24.8 Å². The van der Waals surface area contributed by atoms with Gasteiger partial charge in [-0.05, 0) is 70.2 Å². The Kier molecular flexibility index (Phi) is 12.2. The van der Waals surface area contributed by atoms with E-state index >= 15 is 0 Å². The molecule has 2 aromatic rings. The second-order valence-corrected chi connectivity index (χ2v) is 17.4. The minimum Gasteiger partial charge on any atom is -1.00 e. The molecule has 0 radical (unpaired) electrons. The molecule has 2 aromatic carbocycles. The second-order valence-electron chi connectivity index (χ2n) is 15.0. The van der Waals surface area contributed by atoms with Crippen LogP contribution in [0.1, 0.15) is 123 Å². The van der Waals surface area contributed by atoms with E-state index in [0.717, 1.165) is 12.8 Å². The summed E-state index contributed by atoms with van der Waals surface area (Å²) in [6.07, 6.45) is 16.9. The molecule has 4 aliphatic carbocycles. The van der Waals surface area contributed by atoms with Gasteiger partial charge in [0.1, 0.15) is 0 Å². The molecule has 0 fully saturated rings. The molecule has 230 valence electrons. The minimum absolute atomic E-state index is 0. The van der Waals surface area contributed by atoms with E-state index in [1.165, 1.54) is 64.4 Å². The Labute approximate surface area is 290 Å². The van der Waals surface area contributed by atoms with Gasteiger partial charge >= 0.3 is 41.3 Å². The van der Waals surface area contributed by atoms with Gasteiger partial charge in [0, 0.05) is 0 Å². The zero-order valence-electron chi connectivity index (χ0n) is 28.4. The Morgan fingerprint density at radius 3 is 1.84 bits per heavy atom. The first kappa shape index (κ1) is 37.8.